The Morgan fingerprint density at radius 1 is 1.25 bits per heavy atom. The molecule has 0 aliphatic carbocycles. The van der Waals surface area contributed by atoms with E-state index < -0.39 is 0 Å². The molecule has 0 saturated heterocycles. The summed E-state index contributed by atoms with van der Waals surface area (Å²) in [6.45, 7) is 6.47. The van der Waals surface area contributed by atoms with E-state index in [9.17, 15) is 0 Å². The number of nitrogens with zero attached hydrogens (tertiary/aromatic N) is 3. The van der Waals surface area contributed by atoms with Gasteiger partial charge in [0.1, 0.15) is 5.01 Å². The lowest BCUT2D eigenvalue weighted by Gasteiger charge is -2.02. The Hall–Kier alpha value is -1.20. The van der Waals surface area contributed by atoms with Gasteiger partial charge in [0.25, 0.3) is 0 Å². The van der Waals surface area contributed by atoms with Crippen molar-refractivity contribution in [3.8, 4) is 11.3 Å². The zero-order valence-electron chi connectivity index (χ0n) is 11.7. The van der Waals surface area contributed by atoms with Crippen molar-refractivity contribution in [3.63, 3.8) is 0 Å². The van der Waals surface area contributed by atoms with E-state index in [1.807, 2.05) is 11.4 Å². The van der Waals surface area contributed by atoms with Crippen molar-refractivity contribution in [2.24, 2.45) is 5.92 Å². The molecule has 5 heteroatoms. The molecule has 3 aromatic rings. The third-order valence-corrected chi connectivity index (χ3v) is 4.58. The fraction of sp³-hybridized carbons (Fsp3) is 0.333. The van der Waals surface area contributed by atoms with Crippen LogP contribution in [0.4, 0.5) is 0 Å². The van der Waals surface area contributed by atoms with Crippen LogP contribution in [0.2, 0.25) is 0 Å². The number of aryl methyl sites for hydroxylation is 1. The van der Waals surface area contributed by atoms with Gasteiger partial charge in [-0.2, -0.15) is 5.10 Å². The summed E-state index contributed by atoms with van der Waals surface area (Å²) in [7, 11) is 0. The van der Waals surface area contributed by atoms with Crippen LogP contribution in [-0.2, 0) is 6.42 Å². The van der Waals surface area contributed by atoms with Crippen LogP contribution >= 0.6 is 27.3 Å². The normalized spacial score (nSPS) is 11.7. The second-order valence-electron chi connectivity index (χ2n) is 5.34. The highest BCUT2D eigenvalue weighted by atomic mass is 79.9. The molecular formula is C15H16BrN3S. The number of benzene rings is 1. The maximum Gasteiger partial charge on any atom is 0.212 e. The molecular weight excluding hydrogens is 334 g/mol. The number of hydrogen-bond donors (Lipinski definition) is 0. The fourth-order valence-corrected chi connectivity index (χ4v) is 3.67. The predicted molar refractivity (Wildman–Crippen MR) is 87.3 cm³/mol. The molecule has 2 aromatic heterocycles. The van der Waals surface area contributed by atoms with Crippen LogP contribution in [0.15, 0.2) is 28.7 Å². The van der Waals surface area contributed by atoms with Gasteiger partial charge in [0.2, 0.25) is 4.96 Å². The van der Waals surface area contributed by atoms with Crippen LogP contribution < -0.4 is 0 Å². The fourth-order valence-electron chi connectivity index (χ4n) is 2.26. The molecule has 0 atom stereocenters. The SMILES string of the molecule is Cc1nc2sc(CC(C)C)nn2c1-c1ccc(Br)cc1. The lowest BCUT2D eigenvalue weighted by Crippen LogP contribution is -1.96. The first kappa shape index (κ1) is 13.8. The van der Waals surface area contributed by atoms with Gasteiger partial charge in [-0.05, 0) is 25.0 Å². The van der Waals surface area contributed by atoms with E-state index in [1.54, 1.807) is 11.3 Å². The standard InChI is InChI=1S/C15H16BrN3S/c1-9(2)8-13-18-19-14(10(3)17-15(19)20-13)11-4-6-12(16)7-5-11/h4-7,9H,8H2,1-3H3. The molecule has 3 rings (SSSR count). The van der Waals surface area contributed by atoms with Gasteiger partial charge >= 0.3 is 0 Å². The van der Waals surface area contributed by atoms with Crippen LogP contribution in [0.5, 0.6) is 0 Å². The molecule has 0 fully saturated rings. The Morgan fingerprint density at radius 2 is 1.95 bits per heavy atom. The van der Waals surface area contributed by atoms with Crippen molar-refractivity contribution in [1.82, 2.24) is 14.6 Å². The summed E-state index contributed by atoms with van der Waals surface area (Å²) >= 11 is 5.16. The Balaban J connectivity index is 2.11. The molecule has 0 aliphatic heterocycles. The maximum atomic E-state index is 4.73. The third-order valence-electron chi connectivity index (χ3n) is 3.12. The van der Waals surface area contributed by atoms with E-state index in [0.717, 1.165) is 37.8 Å². The first-order chi connectivity index (χ1) is 9.54. The molecule has 0 aliphatic rings. The molecule has 3 nitrogen and oxygen atoms in total. The van der Waals surface area contributed by atoms with E-state index >= 15 is 0 Å². The minimum Gasteiger partial charge on any atom is -0.222 e. The summed E-state index contributed by atoms with van der Waals surface area (Å²) < 4.78 is 3.07. The quantitative estimate of drug-likeness (QED) is 0.684. The van der Waals surface area contributed by atoms with Gasteiger partial charge in [0, 0.05) is 16.5 Å². The zero-order valence-corrected chi connectivity index (χ0v) is 14.1. The second kappa shape index (κ2) is 5.30. The van der Waals surface area contributed by atoms with Crippen molar-refractivity contribution < 1.29 is 0 Å². The predicted octanol–water partition coefficient (Wildman–Crippen LogP) is 4.73. The summed E-state index contributed by atoms with van der Waals surface area (Å²) in [5.41, 5.74) is 3.28. The topological polar surface area (TPSA) is 30.2 Å². The van der Waals surface area contributed by atoms with Gasteiger partial charge in [-0.25, -0.2) is 9.50 Å². The minimum atomic E-state index is 0.614. The van der Waals surface area contributed by atoms with Gasteiger partial charge in [0.05, 0.1) is 11.4 Å². The summed E-state index contributed by atoms with van der Waals surface area (Å²) in [6.07, 6.45) is 1.01. The lowest BCUT2D eigenvalue weighted by atomic mass is 10.1. The molecule has 0 unspecified atom stereocenters. The van der Waals surface area contributed by atoms with Gasteiger partial charge in [-0.1, -0.05) is 53.2 Å². The molecule has 0 N–H and O–H groups in total. The first-order valence-corrected chi connectivity index (χ1v) is 8.26. The summed E-state index contributed by atoms with van der Waals surface area (Å²) in [5.74, 6) is 0.614. The summed E-state index contributed by atoms with van der Waals surface area (Å²) in [5, 5.41) is 5.89. The minimum absolute atomic E-state index is 0.614. The average Bonchev–Trinajstić information content (AvgIpc) is 2.86. The van der Waals surface area contributed by atoms with Crippen LogP contribution in [0.3, 0.4) is 0 Å². The monoisotopic (exact) mass is 349 g/mol. The molecule has 2 heterocycles. The highest BCUT2D eigenvalue weighted by Crippen LogP contribution is 2.28. The molecule has 20 heavy (non-hydrogen) atoms. The van der Waals surface area contributed by atoms with Crippen LogP contribution in [0.1, 0.15) is 24.5 Å². The number of rotatable bonds is 3. The van der Waals surface area contributed by atoms with E-state index in [0.29, 0.717) is 5.92 Å². The van der Waals surface area contributed by atoms with Crippen molar-refractivity contribution >= 4 is 32.2 Å². The van der Waals surface area contributed by atoms with Gasteiger partial charge in [-0.15, -0.1) is 0 Å². The van der Waals surface area contributed by atoms with Crippen LogP contribution in [0.25, 0.3) is 16.2 Å². The molecule has 0 saturated carbocycles. The van der Waals surface area contributed by atoms with Crippen molar-refractivity contribution in [2.45, 2.75) is 27.2 Å². The molecule has 0 spiro atoms. The number of hydrogen-bond acceptors (Lipinski definition) is 3. The van der Waals surface area contributed by atoms with E-state index in [4.69, 9.17) is 5.10 Å². The van der Waals surface area contributed by atoms with Crippen LogP contribution in [-0.4, -0.2) is 14.6 Å². The highest BCUT2D eigenvalue weighted by molar-refractivity contribution is 9.10. The number of halogens is 1. The van der Waals surface area contributed by atoms with Crippen molar-refractivity contribution in [1.29, 1.82) is 0 Å². The van der Waals surface area contributed by atoms with Gasteiger partial charge in [0.15, 0.2) is 0 Å². The smallest absolute Gasteiger partial charge is 0.212 e. The molecule has 0 amide bonds. The van der Waals surface area contributed by atoms with Crippen molar-refractivity contribution in [3.05, 3.63) is 39.4 Å². The average molecular weight is 350 g/mol. The second-order valence-corrected chi connectivity index (χ2v) is 7.30. The summed E-state index contributed by atoms with van der Waals surface area (Å²) in [6, 6.07) is 8.30. The molecule has 1 aromatic carbocycles. The highest BCUT2D eigenvalue weighted by Gasteiger charge is 2.15. The van der Waals surface area contributed by atoms with Crippen LogP contribution in [0, 0.1) is 12.8 Å². The Bertz CT molecular complexity index is 740. The zero-order chi connectivity index (χ0) is 14.3. The molecule has 0 bridgehead atoms. The third kappa shape index (κ3) is 2.52. The number of aromatic nitrogens is 3. The Kier molecular flexibility index (Phi) is 3.65. The molecule has 0 radical (unpaired) electrons. The Morgan fingerprint density at radius 3 is 2.60 bits per heavy atom. The number of imidazole rings is 1. The van der Waals surface area contributed by atoms with Crippen molar-refractivity contribution in [2.75, 3.05) is 0 Å². The largest absolute Gasteiger partial charge is 0.222 e. The van der Waals surface area contributed by atoms with E-state index in [1.165, 1.54) is 0 Å². The summed E-state index contributed by atoms with van der Waals surface area (Å²) in [4.78, 5) is 5.63. The van der Waals surface area contributed by atoms with E-state index in [-0.39, 0.29) is 0 Å². The van der Waals surface area contributed by atoms with Gasteiger partial charge in [-0.3, -0.25) is 0 Å². The first-order valence-electron chi connectivity index (χ1n) is 6.65. The molecule has 104 valence electrons. The lowest BCUT2D eigenvalue weighted by molar-refractivity contribution is 0.637. The Labute approximate surface area is 130 Å². The van der Waals surface area contributed by atoms with Gasteiger partial charge < -0.3 is 0 Å². The van der Waals surface area contributed by atoms with E-state index in [2.05, 4.69) is 59.0 Å². The maximum absolute atomic E-state index is 4.73. The number of fused-ring (bicyclic) bond motifs is 1.